The van der Waals surface area contributed by atoms with E-state index in [0.717, 1.165) is 36.6 Å². The van der Waals surface area contributed by atoms with Gasteiger partial charge in [0.15, 0.2) is 0 Å². The SMILES string of the molecule is Cc1ccc(-c2noc(CN3CCN(C(C)c4nnc(-c5cccs5)o4)CC3)n2)cc1. The highest BCUT2D eigenvalue weighted by Gasteiger charge is 2.26. The van der Waals surface area contributed by atoms with Crippen LogP contribution in [0.2, 0.25) is 0 Å². The molecule has 160 valence electrons. The van der Waals surface area contributed by atoms with Crippen LogP contribution in [0.4, 0.5) is 0 Å². The fourth-order valence-electron chi connectivity index (χ4n) is 3.70. The molecule has 8 nitrogen and oxygen atoms in total. The second-order valence-electron chi connectivity index (χ2n) is 7.79. The number of piperazine rings is 1. The maximum atomic E-state index is 5.92. The smallest absolute Gasteiger partial charge is 0.257 e. The van der Waals surface area contributed by atoms with Crippen molar-refractivity contribution in [3.05, 3.63) is 59.1 Å². The largest absolute Gasteiger partial charge is 0.418 e. The first-order valence-electron chi connectivity index (χ1n) is 10.4. The molecule has 1 aliphatic heterocycles. The third-order valence-electron chi connectivity index (χ3n) is 5.62. The zero-order chi connectivity index (χ0) is 21.2. The van der Waals surface area contributed by atoms with E-state index in [2.05, 4.69) is 56.1 Å². The van der Waals surface area contributed by atoms with Crippen LogP contribution in [-0.2, 0) is 6.54 Å². The minimum Gasteiger partial charge on any atom is -0.418 e. The first kappa shape index (κ1) is 20.0. The number of rotatable bonds is 6. The standard InChI is InChI=1S/C22H24N6O2S/c1-15-5-7-17(8-6-15)20-23-19(30-26-20)14-27-9-11-28(12-10-27)16(2)21-24-25-22(29-21)18-4-3-13-31-18/h3-8,13,16H,9-12,14H2,1-2H3. The molecular weight excluding hydrogens is 412 g/mol. The molecule has 31 heavy (non-hydrogen) atoms. The van der Waals surface area contributed by atoms with E-state index in [-0.39, 0.29) is 6.04 Å². The third-order valence-corrected chi connectivity index (χ3v) is 6.48. The minimum absolute atomic E-state index is 0.0832. The highest BCUT2D eigenvalue weighted by molar-refractivity contribution is 7.13. The van der Waals surface area contributed by atoms with Gasteiger partial charge in [-0.15, -0.1) is 21.5 Å². The lowest BCUT2D eigenvalue weighted by atomic mass is 10.1. The average Bonchev–Trinajstić information content (AvgIpc) is 3.55. The van der Waals surface area contributed by atoms with Gasteiger partial charge in [0.25, 0.3) is 5.89 Å². The van der Waals surface area contributed by atoms with Crippen molar-refractivity contribution in [1.82, 2.24) is 30.1 Å². The Hall–Kier alpha value is -2.88. The van der Waals surface area contributed by atoms with Gasteiger partial charge >= 0.3 is 0 Å². The quantitative estimate of drug-likeness (QED) is 0.448. The van der Waals surface area contributed by atoms with Crippen LogP contribution < -0.4 is 0 Å². The summed E-state index contributed by atoms with van der Waals surface area (Å²) in [6.07, 6.45) is 0. The Morgan fingerprint density at radius 3 is 2.61 bits per heavy atom. The second-order valence-corrected chi connectivity index (χ2v) is 8.74. The van der Waals surface area contributed by atoms with Crippen LogP contribution in [-0.4, -0.2) is 56.3 Å². The van der Waals surface area contributed by atoms with Gasteiger partial charge in [-0.25, -0.2) is 0 Å². The third kappa shape index (κ3) is 4.43. The van der Waals surface area contributed by atoms with Gasteiger partial charge in [0.1, 0.15) is 0 Å². The molecular formula is C22H24N6O2S. The normalized spacial score (nSPS) is 16.6. The van der Waals surface area contributed by atoms with Crippen LogP contribution in [0.5, 0.6) is 0 Å². The van der Waals surface area contributed by atoms with E-state index < -0.39 is 0 Å². The molecule has 0 radical (unpaired) electrons. The Balaban J connectivity index is 1.16. The second kappa shape index (κ2) is 8.70. The maximum absolute atomic E-state index is 5.92. The number of nitrogens with zero attached hydrogens (tertiary/aromatic N) is 6. The van der Waals surface area contributed by atoms with E-state index in [1.54, 1.807) is 11.3 Å². The molecule has 3 aromatic heterocycles. The predicted molar refractivity (Wildman–Crippen MR) is 117 cm³/mol. The van der Waals surface area contributed by atoms with Crippen molar-refractivity contribution < 1.29 is 8.94 Å². The lowest BCUT2D eigenvalue weighted by molar-refractivity contribution is 0.0812. The van der Waals surface area contributed by atoms with Crippen LogP contribution >= 0.6 is 11.3 Å². The van der Waals surface area contributed by atoms with Gasteiger partial charge in [-0.1, -0.05) is 41.1 Å². The zero-order valence-corrected chi connectivity index (χ0v) is 18.4. The van der Waals surface area contributed by atoms with E-state index in [0.29, 0.717) is 30.0 Å². The van der Waals surface area contributed by atoms with Crippen LogP contribution in [0.15, 0.2) is 50.7 Å². The van der Waals surface area contributed by atoms with Gasteiger partial charge < -0.3 is 8.94 Å². The molecule has 0 bridgehead atoms. The predicted octanol–water partition coefficient (Wildman–Crippen LogP) is 4.04. The summed E-state index contributed by atoms with van der Waals surface area (Å²) in [4.78, 5) is 10.3. The number of hydrogen-bond acceptors (Lipinski definition) is 9. The van der Waals surface area contributed by atoms with Crippen molar-refractivity contribution in [1.29, 1.82) is 0 Å². The monoisotopic (exact) mass is 436 g/mol. The Bertz CT molecular complexity index is 1110. The minimum atomic E-state index is 0.0832. The zero-order valence-electron chi connectivity index (χ0n) is 17.6. The summed E-state index contributed by atoms with van der Waals surface area (Å²) in [5.74, 6) is 2.54. The van der Waals surface area contributed by atoms with Crippen molar-refractivity contribution in [2.24, 2.45) is 0 Å². The lowest BCUT2D eigenvalue weighted by Crippen LogP contribution is -2.46. The summed E-state index contributed by atoms with van der Waals surface area (Å²) < 4.78 is 11.4. The molecule has 1 fully saturated rings. The number of benzene rings is 1. The average molecular weight is 437 g/mol. The molecule has 0 spiro atoms. The summed E-state index contributed by atoms with van der Waals surface area (Å²) in [5, 5.41) is 14.6. The topological polar surface area (TPSA) is 84.3 Å². The van der Waals surface area contributed by atoms with E-state index >= 15 is 0 Å². The summed E-state index contributed by atoms with van der Waals surface area (Å²) >= 11 is 1.60. The number of aromatic nitrogens is 4. The van der Waals surface area contributed by atoms with E-state index in [9.17, 15) is 0 Å². The van der Waals surface area contributed by atoms with Crippen LogP contribution in [0, 0.1) is 6.92 Å². The molecule has 0 N–H and O–H groups in total. The maximum Gasteiger partial charge on any atom is 0.257 e. The molecule has 9 heteroatoms. The molecule has 1 aromatic carbocycles. The molecule has 1 aliphatic rings. The first-order valence-corrected chi connectivity index (χ1v) is 11.3. The van der Waals surface area contributed by atoms with E-state index in [1.165, 1.54) is 5.56 Å². The molecule has 0 aliphatic carbocycles. The molecule has 1 saturated heterocycles. The lowest BCUT2D eigenvalue weighted by Gasteiger charge is -2.36. The molecule has 4 heterocycles. The van der Waals surface area contributed by atoms with Crippen molar-refractivity contribution in [3.63, 3.8) is 0 Å². The fraction of sp³-hybridized carbons (Fsp3) is 0.364. The van der Waals surface area contributed by atoms with Gasteiger partial charge in [-0.3, -0.25) is 9.80 Å². The van der Waals surface area contributed by atoms with Crippen molar-refractivity contribution >= 4 is 11.3 Å². The van der Waals surface area contributed by atoms with E-state index in [1.807, 2.05) is 29.6 Å². The summed E-state index contributed by atoms with van der Waals surface area (Å²) in [6, 6.07) is 12.2. The molecule has 1 unspecified atom stereocenters. The van der Waals surface area contributed by atoms with Gasteiger partial charge in [-0.05, 0) is 25.3 Å². The van der Waals surface area contributed by atoms with Gasteiger partial charge in [0.2, 0.25) is 17.6 Å². The van der Waals surface area contributed by atoms with Crippen molar-refractivity contribution in [3.8, 4) is 22.2 Å². The molecule has 5 rings (SSSR count). The van der Waals surface area contributed by atoms with Gasteiger partial charge in [-0.2, -0.15) is 4.98 Å². The Morgan fingerprint density at radius 1 is 1.06 bits per heavy atom. The molecule has 4 aromatic rings. The number of hydrogen-bond donors (Lipinski definition) is 0. The summed E-state index contributed by atoms with van der Waals surface area (Å²) in [5.41, 5.74) is 2.18. The molecule has 0 saturated carbocycles. The van der Waals surface area contributed by atoms with Gasteiger partial charge in [0.05, 0.1) is 17.5 Å². The van der Waals surface area contributed by atoms with Crippen molar-refractivity contribution in [2.75, 3.05) is 26.2 Å². The van der Waals surface area contributed by atoms with Crippen LogP contribution in [0.3, 0.4) is 0 Å². The Kier molecular flexibility index (Phi) is 5.63. The Labute approximate surface area is 184 Å². The summed E-state index contributed by atoms with van der Waals surface area (Å²) in [7, 11) is 0. The number of thiophene rings is 1. The molecule has 0 amide bonds. The first-order chi connectivity index (χ1) is 15.2. The Morgan fingerprint density at radius 2 is 1.87 bits per heavy atom. The highest BCUT2D eigenvalue weighted by Crippen LogP contribution is 2.27. The van der Waals surface area contributed by atoms with Crippen LogP contribution in [0.1, 0.15) is 30.3 Å². The van der Waals surface area contributed by atoms with Gasteiger partial charge in [0, 0.05) is 31.7 Å². The number of aryl methyl sites for hydroxylation is 1. The highest BCUT2D eigenvalue weighted by atomic mass is 32.1. The van der Waals surface area contributed by atoms with Crippen molar-refractivity contribution in [2.45, 2.75) is 26.4 Å². The molecule has 1 atom stereocenters. The fourth-order valence-corrected chi connectivity index (χ4v) is 4.34. The van der Waals surface area contributed by atoms with Crippen LogP contribution in [0.25, 0.3) is 22.2 Å². The summed E-state index contributed by atoms with van der Waals surface area (Å²) in [6.45, 7) is 8.50. The van der Waals surface area contributed by atoms with E-state index in [4.69, 9.17) is 8.94 Å².